The van der Waals surface area contributed by atoms with Crippen molar-refractivity contribution in [2.75, 3.05) is 0 Å². The Bertz CT molecular complexity index is 577. The van der Waals surface area contributed by atoms with Crippen molar-refractivity contribution in [3.8, 4) is 5.75 Å². The monoisotopic (exact) mass is 268 g/mol. The second kappa shape index (κ2) is 5.91. The molecular formula is C18H20O2. The zero-order valence-corrected chi connectivity index (χ0v) is 12.2. The number of hydrogen-bond donors (Lipinski definition) is 0. The van der Waals surface area contributed by atoms with E-state index in [1.54, 1.807) is 6.07 Å². The lowest BCUT2D eigenvalue weighted by atomic mass is 9.87. The lowest BCUT2D eigenvalue weighted by molar-refractivity contribution is 0.111. The Kier molecular flexibility index (Phi) is 4.23. The number of benzene rings is 2. The smallest absolute Gasteiger partial charge is 0.153 e. The highest BCUT2D eigenvalue weighted by atomic mass is 16.5. The third kappa shape index (κ3) is 3.47. The zero-order chi connectivity index (χ0) is 14.6. The molecule has 0 saturated heterocycles. The normalized spacial score (nSPS) is 11.2. The van der Waals surface area contributed by atoms with Crippen LogP contribution in [0.15, 0.2) is 48.5 Å². The first-order valence-corrected chi connectivity index (χ1v) is 6.77. The van der Waals surface area contributed by atoms with Crippen LogP contribution in [0.25, 0.3) is 0 Å². The highest BCUT2D eigenvalue weighted by molar-refractivity contribution is 5.79. The van der Waals surface area contributed by atoms with Crippen molar-refractivity contribution in [2.45, 2.75) is 32.8 Å². The molecule has 0 saturated carbocycles. The van der Waals surface area contributed by atoms with Gasteiger partial charge < -0.3 is 4.74 Å². The van der Waals surface area contributed by atoms with Crippen molar-refractivity contribution < 1.29 is 9.53 Å². The Labute approximate surface area is 120 Å². The summed E-state index contributed by atoms with van der Waals surface area (Å²) in [6.45, 7) is 7.05. The molecule has 0 heterocycles. The van der Waals surface area contributed by atoms with Crippen LogP contribution >= 0.6 is 0 Å². The molecule has 0 aromatic heterocycles. The number of aldehydes is 1. The SMILES string of the molecule is CC(C)(C)c1ccc(COc2ccccc2C=O)cc1. The molecule has 2 aromatic carbocycles. The lowest BCUT2D eigenvalue weighted by Crippen LogP contribution is -2.10. The summed E-state index contributed by atoms with van der Waals surface area (Å²) in [6, 6.07) is 15.7. The van der Waals surface area contributed by atoms with Gasteiger partial charge in [-0.2, -0.15) is 0 Å². The molecule has 0 aliphatic rings. The maximum atomic E-state index is 10.9. The van der Waals surface area contributed by atoms with E-state index in [0.717, 1.165) is 11.8 Å². The van der Waals surface area contributed by atoms with Crippen LogP contribution in [0.4, 0.5) is 0 Å². The Hall–Kier alpha value is -2.09. The van der Waals surface area contributed by atoms with Gasteiger partial charge in [0.15, 0.2) is 6.29 Å². The van der Waals surface area contributed by atoms with Gasteiger partial charge in [0.05, 0.1) is 5.56 Å². The third-order valence-corrected chi connectivity index (χ3v) is 3.26. The second-order valence-corrected chi connectivity index (χ2v) is 5.89. The largest absolute Gasteiger partial charge is 0.488 e. The molecular weight excluding hydrogens is 248 g/mol. The molecule has 0 atom stereocenters. The Morgan fingerprint density at radius 3 is 2.25 bits per heavy atom. The fourth-order valence-electron chi connectivity index (χ4n) is 1.97. The minimum atomic E-state index is 0.156. The molecule has 20 heavy (non-hydrogen) atoms. The number of para-hydroxylation sites is 1. The summed E-state index contributed by atoms with van der Waals surface area (Å²) in [5, 5.41) is 0. The zero-order valence-electron chi connectivity index (χ0n) is 12.2. The predicted molar refractivity (Wildman–Crippen MR) is 81.3 cm³/mol. The fourth-order valence-corrected chi connectivity index (χ4v) is 1.97. The van der Waals surface area contributed by atoms with E-state index in [-0.39, 0.29) is 5.41 Å². The van der Waals surface area contributed by atoms with Gasteiger partial charge in [-0.1, -0.05) is 57.2 Å². The predicted octanol–water partition coefficient (Wildman–Crippen LogP) is 4.38. The minimum absolute atomic E-state index is 0.156. The average molecular weight is 268 g/mol. The molecule has 2 heteroatoms. The van der Waals surface area contributed by atoms with E-state index in [0.29, 0.717) is 17.9 Å². The van der Waals surface area contributed by atoms with Crippen LogP contribution in [0.5, 0.6) is 5.75 Å². The molecule has 0 aliphatic carbocycles. The first kappa shape index (κ1) is 14.3. The molecule has 0 spiro atoms. The van der Waals surface area contributed by atoms with Gasteiger partial charge in [-0.25, -0.2) is 0 Å². The van der Waals surface area contributed by atoms with Gasteiger partial charge in [0.1, 0.15) is 12.4 Å². The van der Waals surface area contributed by atoms with E-state index in [1.165, 1.54) is 5.56 Å². The average Bonchev–Trinajstić information content (AvgIpc) is 2.45. The molecule has 0 aliphatic heterocycles. The summed E-state index contributed by atoms with van der Waals surface area (Å²) in [5.74, 6) is 0.627. The minimum Gasteiger partial charge on any atom is -0.488 e. The highest BCUT2D eigenvalue weighted by Crippen LogP contribution is 2.23. The Morgan fingerprint density at radius 1 is 1.00 bits per heavy atom. The molecule has 0 N–H and O–H groups in total. The number of ether oxygens (including phenoxy) is 1. The van der Waals surface area contributed by atoms with E-state index < -0.39 is 0 Å². The molecule has 2 nitrogen and oxygen atoms in total. The molecule has 0 fully saturated rings. The van der Waals surface area contributed by atoms with E-state index in [2.05, 4.69) is 45.0 Å². The fraction of sp³-hybridized carbons (Fsp3) is 0.278. The van der Waals surface area contributed by atoms with E-state index in [1.807, 2.05) is 18.2 Å². The third-order valence-electron chi connectivity index (χ3n) is 3.26. The number of rotatable bonds is 4. The van der Waals surface area contributed by atoms with Crippen molar-refractivity contribution >= 4 is 6.29 Å². The number of hydrogen-bond acceptors (Lipinski definition) is 2. The van der Waals surface area contributed by atoms with Gasteiger partial charge >= 0.3 is 0 Å². The molecule has 104 valence electrons. The van der Waals surface area contributed by atoms with Crippen LogP contribution in [0.2, 0.25) is 0 Å². The van der Waals surface area contributed by atoms with E-state index in [9.17, 15) is 4.79 Å². The van der Waals surface area contributed by atoms with Crippen molar-refractivity contribution in [2.24, 2.45) is 0 Å². The van der Waals surface area contributed by atoms with Gasteiger partial charge in [-0.15, -0.1) is 0 Å². The topological polar surface area (TPSA) is 26.3 Å². The van der Waals surface area contributed by atoms with Gasteiger partial charge in [0, 0.05) is 0 Å². The Balaban J connectivity index is 2.06. The first-order valence-electron chi connectivity index (χ1n) is 6.77. The molecule has 0 unspecified atom stereocenters. The van der Waals surface area contributed by atoms with Crippen LogP contribution in [0.3, 0.4) is 0 Å². The maximum absolute atomic E-state index is 10.9. The first-order chi connectivity index (χ1) is 9.50. The van der Waals surface area contributed by atoms with Gasteiger partial charge in [-0.3, -0.25) is 4.79 Å². The van der Waals surface area contributed by atoms with Crippen molar-refractivity contribution in [3.05, 3.63) is 65.2 Å². The quantitative estimate of drug-likeness (QED) is 0.769. The summed E-state index contributed by atoms with van der Waals surface area (Å²) in [6.07, 6.45) is 0.817. The molecule has 2 rings (SSSR count). The molecule has 0 amide bonds. The Morgan fingerprint density at radius 2 is 1.65 bits per heavy atom. The van der Waals surface area contributed by atoms with Crippen LogP contribution in [0.1, 0.15) is 42.3 Å². The highest BCUT2D eigenvalue weighted by Gasteiger charge is 2.12. The van der Waals surface area contributed by atoms with E-state index in [4.69, 9.17) is 4.74 Å². The van der Waals surface area contributed by atoms with Crippen molar-refractivity contribution in [1.29, 1.82) is 0 Å². The summed E-state index contributed by atoms with van der Waals surface area (Å²) in [5.41, 5.74) is 3.14. The molecule has 0 bridgehead atoms. The van der Waals surface area contributed by atoms with Crippen molar-refractivity contribution in [1.82, 2.24) is 0 Å². The van der Waals surface area contributed by atoms with Gasteiger partial charge in [-0.05, 0) is 28.7 Å². The molecule has 2 aromatic rings. The second-order valence-electron chi connectivity index (χ2n) is 5.89. The maximum Gasteiger partial charge on any atom is 0.153 e. The lowest BCUT2D eigenvalue weighted by Gasteiger charge is -2.19. The standard InChI is InChI=1S/C18H20O2/c1-18(2,3)16-10-8-14(9-11-16)13-20-17-7-5-4-6-15(17)12-19/h4-12H,13H2,1-3H3. The van der Waals surface area contributed by atoms with Crippen LogP contribution in [-0.2, 0) is 12.0 Å². The summed E-state index contributed by atoms with van der Waals surface area (Å²) in [7, 11) is 0. The summed E-state index contributed by atoms with van der Waals surface area (Å²) < 4.78 is 5.71. The number of carbonyl (C=O) groups excluding carboxylic acids is 1. The summed E-state index contributed by atoms with van der Waals surface area (Å²) in [4.78, 5) is 10.9. The van der Waals surface area contributed by atoms with Crippen LogP contribution < -0.4 is 4.74 Å². The van der Waals surface area contributed by atoms with Crippen molar-refractivity contribution in [3.63, 3.8) is 0 Å². The van der Waals surface area contributed by atoms with E-state index >= 15 is 0 Å². The van der Waals surface area contributed by atoms with Gasteiger partial charge in [0.2, 0.25) is 0 Å². The molecule has 0 radical (unpaired) electrons. The number of carbonyl (C=O) groups is 1. The van der Waals surface area contributed by atoms with Gasteiger partial charge in [0.25, 0.3) is 0 Å². The van der Waals surface area contributed by atoms with Crippen LogP contribution in [0, 0.1) is 0 Å². The summed E-state index contributed by atoms with van der Waals surface area (Å²) >= 11 is 0. The van der Waals surface area contributed by atoms with Crippen LogP contribution in [-0.4, -0.2) is 6.29 Å².